The van der Waals surface area contributed by atoms with Crippen LogP contribution in [-0.4, -0.2) is 18.0 Å². The zero-order valence-electron chi connectivity index (χ0n) is 13.2. The van der Waals surface area contributed by atoms with Gasteiger partial charge in [0.15, 0.2) is 0 Å². The molecule has 0 aliphatic heterocycles. The summed E-state index contributed by atoms with van der Waals surface area (Å²) in [7, 11) is 1.55. The summed E-state index contributed by atoms with van der Waals surface area (Å²) in [6.07, 6.45) is 1.53. The average molecular weight is 353 g/mol. The normalized spacial score (nSPS) is 11.0. The van der Waals surface area contributed by atoms with E-state index in [-0.39, 0.29) is 16.6 Å². The number of hydrogen-bond acceptors (Lipinski definition) is 4. The molecule has 0 saturated carbocycles. The van der Waals surface area contributed by atoms with Crippen LogP contribution >= 0.6 is 11.6 Å². The first-order valence-electron chi connectivity index (χ1n) is 7.58. The Morgan fingerprint density at radius 2 is 1.96 bits per heavy atom. The van der Waals surface area contributed by atoms with E-state index >= 15 is 0 Å². The number of furan rings is 1. The maximum atomic E-state index is 12.5. The molecule has 1 amide bonds. The lowest BCUT2D eigenvalue weighted by Gasteiger charge is -2.10. The maximum absolute atomic E-state index is 12.5. The number of anilines is 1. The van der Waals surface area contributed by atoms with Crippen molar-refractivity contribution in [2.45, 2.75) is 0 Å². The lowest BCUT2D eigenvalue weighted by atomic mass is 10.1. The van der Waals surface area contributed by atoms with E-state index in [0.717, 1.165) is 16.4 Å². The van der Waals surface area contributed by atoms with E-state index in [2.05, 4.69) is 10.3 Å². The molecular weight excluding hydrogens is 340 g/mol. The number of halogens is 1. The number of hydrogen-bond donors (Lipinski definition) is 1. The third-order valence-corrected chi connectivity index (χ3v) is 4.25. The number of nitrogens with one attached hydrogen (secondary N) is 1. The third kappa shape index (κ3) is 2.68. The molecule has 0 aliphatic carbocycles. The van der Waals surface area contributed by atoms with Crippen molar-refractivity contribution in [3.8, 4) is 5.75 Å². The summed E-state index contributed by atoms with van der Waals surface area (Å²) in [6, 6.07) is 14.6. The number of carbonyl (C=O) groups excluding carboxylic acids is 1. The maximum Gasteiger partial charge on any atom is 0.258 e. The van der Waals surface area contributed by atoms with Crippen molar-refractivity contribution in [3.05, 3.63) is 65.4 Å². The van der Waals surface area contributed by atoms with E-state index < -0.39 is 0 Å². The predicted molar refractivity (Wildman–Crippen MR) is 97.5 cm³/mol. The Hall–Kier alpha value is -3.05. The zero-order chi connectivity index (χ0) is 17.4. The smallest absolute Gasteiger partial charge is 0.258 e. The molecule has 1 N–H and O–H groups in total. The SMILES string of the molecule is COc1cc2c(cc1NC(=O)c1cccnc1Cl)oc1ccccc12. The molecule has 4 aromatic rings. The van der Waals surface area contributed by atoms with E-state index in [1.54, 1.807) is 25.3 Å². The third-order valence-electron chi connectivity index (χ3n) is 3.95. The molecule has 5 nitrogen and oxygen atoms in total. The number of ether oxygens (including phenoxy) is 1. The number of amides is 1. The second kappa shape index (κ2) is 6.11. The van der Waals surface area contributed by atoms with E-state index in [0.29, 0.717) is 17.0 Å². The molecule has 0 atom stereocenters. The molecule has 0 aliphatic rings. The highest BCUT2D eigenvalue weighted by atomic mass is 35.5. The molecule has 2 aromatic carbocycles. The van der Waals surface area contributed by atoms with Crippen LogP contribution in [0.25, 0.3) is 21.9 Å². The Morgan fingerprint density at radius 3 is 2.76 bits per heavy atom. The number of methoxy groups -OCH3 is 1. The molecule has 0 unspecified atom stereocenters. The van der Waals surface area contributed by atoms with Crippen LogP contribution in [-0.2, 0) is 0 Å². The zero-order valence-corrected chi connectivity index (χ0v) is 14.0. The summed E-state index contributed by atoms with van der Waals surface area (Å²) in [5.41, 5.74) is 2.22. The van der Waals surface area contributed by atoms with Gasteiger partial charge in [-0.3, -0.25) is 4.79 Å². The Balaban J connectivity index is 1.80. The lowest BCUT2D eigenvalue weighted by Crippen LogP contribution is -2.13. The van der Waals surface area contributed by atoms with Crippen LogP contribution in [0.1, 0.15) is 10.4 Å². The van der Waals surface area contributed by atoms with Crippen LogP contribution in [0.15, 0.2) is 59.1 Å². The molecule has 0 fully saturated rings. The van der Waals surface area contributed by atoms with Crippen molar-refractivity contribution in [2.75, 3.05) is 12.4 Å². The first-order valence-corrected chi connectivity index (χ1v) is 7.96. The Morgan fingerprint density at radius 1 is 1.12 bits per heavy atom. The highest BCUT2D eigenvalue weighted by Crippen LogP contribution is 2.36. The summed E-state index contributed by atoms with van der Waals surface area (Å²) in [5.74, 6) is 0.166. The van der Waals surface area contributed by atoms with E-state index in [4.69, 9.17) is 20.8 Å². The number of benzene rings is 2. The second-order valence-corrected chi connectivity index (χ2v) is 5.80. The van der Waals surface area contributed by atoms with Crippen molar-refractivity contribution in [2.24, 2.45) is 0 Å². The largest absolute Gasteiger partial charge is 0.495 e. The van der Waals surface area contributed by atoms with Crippen molar-refractivity contribution in [3.63, 3.8) is 0 Å². The molecule has 6 heteroatoms. The summed E-state index contributed by atoms with van der Waals surface area (Å²) in [4.78, 5) is 16.4. The molecule has 2 aromatic heterocycles. The van der Waals surface area contributed by atoms with Crippen LogP contribution < -0.4 is 10.1 Å². The van der Waals surface area contributed by atoms with Crippen LogP contribution in [0.2, 0.25) is 5.15 Å². The number of carbonyl (C=O) groups is 1. The van der Waals surface area contributed by atoms with E-state index in [1.165, 1.54) is 6.20 Å². The van der Waals surface area contributed by atoms with Gasteiger partial charge in [-0.1, -0.05) is 29.8 Å². The topological polar surface area (TPSA) is 64.4 Å². The minimum absolute atomic E-state index is 0.142. The van der Waals surface area contributed by atoms with Crippen LogP contribution in [0.3, 0.4) is 0 Å². The molecule has 25 heavy (non-hydrogen) atoms. The summed E-state index contributed by atoms with van der Waals surface area (Å²) >= 11 is 5.99. The van der Waals surface area contributed by atoms with Gasteiger partial charge in [0.25, 0.3) is 5.91 Å². The average Bonchev–Trinajstić information content (AvgIpc) is 2.98. The Bertz CT molecular complexity index is 1100. The summed E-state index contributed by atoms with van der Waals surface area (Å²) in [5, 5.41) is 4.86. The van der Waals surface area contributed by atoms with Gasteiger partial charge in [0.2, 0.25) is 0 Å². The van der Waals surface area contributed by atoms with Gasteiger partial charge in [-0.05, 0) is 24.3 Å². The number of nitrogens with zero attached hydrogens (tertiary/aromatic N) is 1. The number of pyridine rings is 1. The summed E-state index contributed by atoms with van der Waals surface area (Å²) in [6.45, 7) is 0. The number of para-hydroxylation sites is 1. The van der Waals surface area contributed by atoms with Crippen LogP contribution in [0.5, 0.6) is 5.75 Å². The molecule has 2 heterocycles. The Kier molecular flexibility index (Phi) is 3.78. The number of fused-ring (bicyclic) bond motifs is 3. The standard InChI is InChI=1S/C19H13ClN2O3/c1-24-17-9-13-11-5-2-3-7-15(11)25-16(13)10-14(17)22-19(23)12-6-4-8-21-18(12)20/h2-10H,1H3,(H,22,23). The fourth-order valence-electron chi connectivity index (χ4n) is 2.76. The van der Waals surface area contributed by atoms with Gasteiger partial charge in [0, 0.05) is 23.0 Å². The fraction of sp³-hybridized carbons (Fsp3) is 0.0526. The minimum Gasteiger partial charge on any atom is -0.495 e. The van der Waals surface area contributed by atoms with Gasteiger partial charge in [0.1, 0.15) is 22.1 Å². The monoisotopic (exact) mass is 352 g/mol. The van der Waals surface area contributed by atoms with Gasteiger partial charge in [-0.25, -0.2) is 4.98 Å². The van der Waals surface area contributed by atoms with Gasteiger partial charge in [-0.2, -0.15) is 0 Å². The van der Waals surface area contributed by atoms with Gasteiger partial charge < -0.3 is 14.5 Å². The van der Waals surface area contributed by atoms with Crippen molar-refractivity contribution < 1.29 is 13.9 Å². The van der Waals surface area contributed by atoms with Gasteiger partial charge in [0.05, 0.1) is 18.4 Å². The highest BCUT2D eigenvalue weighted by Gasteiger charge is 2.16. The van der Waals surface area contributed by atoms with Gasteiger partial charge in [-0.15, -0.1) is 0 Å². The van der Waals surface area contributed by atoms with E-state index in [9.17, 15) is 4.79 Å². The second-order valence-electron chi connectivity index (χ2n) is 5.44. The van der Waals surface area contributed by atoms with Crippen molar-refractivity contribution in [1.82, 2.24) is 4.98 Å². The first kappa shape index (κ1) is 15.5. The molecule has 4 rings (SSSR count). The number of rotatable bonds is 3. The molecule has 0 radical (unpaired) electrons. The van der Waals surface area contributed by atoms with E-state index in [1.807, 2.05) is 30.3 Å². The molecule has 0 bridgehead atoms. The molecule has 0 saturated heterocycles. The molecule has 0 spiro atoms. The fourth-order valence-corrected chi connectivity index (χ4v) is 2.97. The van der Waals surface area contributed by atoms with Crippen molar-refractivity contribution >= 4 is 45.1 Å². The molecule has 124 valence electrons. The number of aromatic nitrogens is 1. The minimum atomic E-state index is -0.369. The van der Waals surface area contributed by atoms with Crippen LogP contribution in [0, 0.1) is 0 Å². The first-order chi connectivity index (χ1) is 12.2. The molecular formula is C19H13ClN2O3. The predicted octanol–water partition coefficient (Wildman–Crippen LogP) is 4.90. The Labute approximate surface area is 148 Å². The lowest BCUT2D eigenvalue weighted by molar-refractivity contribution is 0.102. The van der Waals surface area contributed by atoms with Crippen molar-refractivity contribution in [1.29, 1.82) is 0 Å². The summed E-state index contributed by atoms with van der Waals surface area (Å²) < 4.78 is 11.3. The van der Waals surface area contributed by atoms with Crippen LogP contribution in [0.4, 0.5) is 5.69 Å². The quantitative estimate of drug-likeness (QED) is 0.533. The van der Waals surface area contributed by atoms with Gasteiger partial charge >= 0.3 is 0 Å². The highest BCUT2D eigenvalue weighted by molar-refractivity contribution is 6.33.